The van der Waals surface area contributed by atoms with E-state index in [1.807, 2.05) is 0 Å². The summed E-state index contributed by atoms with van der Waals surface area (Å²) in [6, 6.07) is -0.967. The van der Waals surface area contributed by atoms with Crippen LogP contribution in [0.25, 0.3) is 0 Å². The van der Waals surface area contributed by atoms with Crippen molar-refractivity contribution in [3.8, 4) is 0 Å². The number of carbonyl (C=O) groups excluding carboxylic acids is 3. The van der Waals surface area contributed by atoms with E-state index < -0.39 is 23.7 Å². The molecule has 2 saturated carbocycles. The number of nitrogens with zero attached hydrogens (tertiary/aromatic N) is 3. The van der Waals surface area contributed by atoms with Gasteiger partial charge in [-0.1, -0.05) is 38.5 Å². The maximum atomic E-state index is 13.4. The lowest BCUT2D eigenvalue weighted by molar-refractivity contribution is -0.148. The number of hydrogen-bond donors (Lipinski definition) is 2. The van der Waals surface area contributed by atoms with Gasteiger partial charge in [-0.25, -0.2) is 9.59 Å². The van der Waals surface area contributed by atoms with E-state index in [1.54, 1.807) is 18.7 Å². The van der Waals surface area contributed by atoms with Crippen LogP contribution in [0.1, 0.15) is 78.1 Å². The van der Waals surface area contributed by atoms with E-state index in [0.29, 0.717) is 5.06 Å². The van der Waals surface area contributed by atoms with Crippen LogP contribution < -0.4 is 5.32 Å². The van der Waals surface area contributed by atoms with Crippen LogP contribution in [-0.2, 0) is 9.53 Å². The number of hydroxylamine groups is 2. The van der Waals surface area contributed by atoms with E-state index in [2.05, 4.69) is 5.32 Å². The number of hydrogen-bond acceptors (Lipinski definition) is 5. The van der Waals surface area contributed by atoms with Crippen molar-refractivity contribution in [3.05, 3.63) is 0 Å². The van der Waals surface area contributed by atoms with Gasteiger partial charge in [-0.15, -0.1) is 0 Å². The quantitative estimate of drug-likeness (QED) is 0.401. The molecule has 0 aromatic rings. The van der Waals surface area contributed by atoms with Gasteiger partial charge in [0.2, 0.25) is 0 Å². The smallest absolute Gasteiger partial charge is 0.343 e. The molecule has 0 aromatic heterocycles. The Labute approximate surface area is 178 Å². The third-order valence-electron chi connectivity index (χ3n) is 6.90. The van der Waals surface area contributed by atoms with E-state index in [4.69, 9.17) is 4.74 Å². The van der Waals surface area contributed by atoms with Crippen molar-refractivity contribution in [2.75, 3.05) is 13.7 Å². The molecule has 0 spiro atoms. The second-order valence-corrected chi connectivity index (χ2v) is 9.30. The van der Waals surface area contributed by atoms with Gasteiger partial charge in [-0.3, -0.25) is 14.9 Å². The Hall–Kier alpha value is -2.03. The van der Waals surface area contributed by atoms with Gasteiger partial charge < -0.3 is 15.0 Å². The topological polar surface area (TPSA) is 102 Å². The standard InChI is InChI=1S/C21H36N4O5/c1-21(2)18(25(29)19(27)22-15-10-6-4-7-11-15)24(16-12-8-5-9-13-16)20(28)23(21)14-17(26)30-3/h15-16,18,29H,4-14H2,1-3H3,(H,22,27)/t18-/m0/s1. The summed E-state index contributed by atoms with van der Waals surface area (Å²) in [5.41, 5.74) is -0.971. The number of nitrogens with one attached hydrogen (secondary N) is 1. The summed E-state index contributed by atoms with van der Waals surface area (Å²) in [5, 5.41) is 14.6. The molecule has 4 amide bonds. The molecule has 1 aliphatic heterocycles. The van der Waals surface area contributed by atoms with Crippen molar-refractivity contribution in [1.29, 1.82) is 0 Å². The first-order valence-corrected chi connectivity index (χ1v) is 11.2. The monoisotopic (exact) mass is 424 g/mol. The minimum atomic E-state index is -0.971. The van der Waals surface area contributed by atoms with Crippen molar-refractivity contribution < 1.29 is 24.3 Å². The van der Waals surface area contributed by atoms with E-state index in [9.17, 15) is 19.6 Å². The lowest BCUT2D eigenvalue weighted by Crippen LogP contribution is -2.61. The third-order valence-corrected chi connectivity index (χ3v) is 6.90. The van der Waals surface area contributed by atoms with Gasteiger partial charge >= 0.3 is 18.0 Å². The fourth-order valence-corrected chi connectivity index (χ4v) is 5.17. The molecule has 3 rings (SSSR count). The average molecular weight is 425 g/mol. The highest BCUT2D eigenvalue weighted by atomic mass is 16.5. The molecule has 9 nitrogen and oxygen atoms in total. The summed E-state index contributed by atoms with van der Waals surface area (Å²) < 4.78 is 4.77. The Balaban J connectivity index is 1.84. The summed E-state index contributed by atoms with van der Waals surface area (Å²) in [7, 11) is 1.28. The largest absolute Gasteiger partial charge is 0.468 e. The van der Waals surface area contributed by atoms with Crippen molar-refractivity contribution in [3.63, 3.8) is 0 Å². The number of urea groups is 2. The lowest BCUT2D eigenvalue weighted by atomic mass is 9.92. The van der Waals surface area contributed by atoms with Gasteiger partial charge in [0.25, 0.3) is 0 Å². The number of rotatable bonds is 5. The summed E-state index contributed by atoms with van der Waals surface area (Å²) >= 11 is 0. The molecule has 2 aliphatic carbocycles. The van der Waals surface area contributed by atoms with Gasteiger partial charge in [0.05, 0.1) is 12.6 Å². The lowest BCUT2D eigenvalue weighted by Gasteiger charge is -2.41. The van der Waals surface area contributed by atoms with Crippen molar-refractivity contribution in [2.45, 2.75) is 102 Å². The zero-order chi connectivity index (χ0) is 21.9. The summed E-state index contributed by atoms with van der Waals surface area (Å²) in [4.78, 5) is 41.3. The second kappa shape index (κ2) is 9.41. The number of esters is 1. The van der Waals surface area contributed by atoms with Crippen LogP contribution in [0.5, 0.6) is 0 Å². The van der Waals surface area contributed by atoms with Crippen LogP contribution in [0.2, 0.25) is 0 Å². The van der Waals surface area contributed by atoms with Crippen LogP contribution in [-0.4, -0.2) is 75.5 Å². The zero-order valence-electron chi connectivity index (χ0n) is 18.4. The van der Waals surface area contributed by atoms with Crippen LogP contribution >= 0.6 is 0 Å². The second-order valence-electron chi connectivity index (χ2n) is 9.30. The van der Waals surface area contributed by atoms with Crippen molar-refractivity contribution >= 4 is 18.0 Å². The molecular formula is C21H36N4O5. The molecule has 1 saturated heterocycles. The highest BCUT2D eigenvalue weighted by Gasteiger charge is 2.57. The van der Waals surface area contributed by atoms with Gasteiger partial charge in [0, 0.05) is 12.1 Å². The van der Waals surface area contributed by atoms with E-state index in [-0.39, 0.29) is 24.7 Å². The summed E-state index contributed by atoms with van der Waals surface area (Å²) in [5.74, 6) is -0.531. The molecule has 3 aliphatic rings. The Bertz CT molecular complexity index is 643. The molecule has 0 bridgehead atoms. The fourth-order valence-electron chi connectivity index (χ4n) is 5.17. The van der Waals surface area contributed by atoms with Gasteiger partial charge in [0.15, 0.2) is 6.17 Å². The summed E-state index contributed by atoms with van der Waals surface area (Å²) in [6.45, 7) is 3.33. The van der Waals surface area contributed by atoms with E-state index in [0.717, 1.165) is 64.2 Å². The zero-order valence-corrected chi connectivity index (χ0v) is 18.4. The Morgan fingerprint density at radius 3 is 2.23 bits per heavy atom. The summed E-state index contributed by atoms with van der Waals surface area (Å²) in [6.07, 6.45) is 8.94. The molecule has 170 valence electrons. The fraction of sp³-hybridized carbons (Fsp3) is 0.857. The first-order chi connectivity index (χ1) is 14.3. The average Bonchev–Trinajstić information content (AvgIpc) is 2.94. The molecular weight excluding hydrogens is 388 g/mol. The molecule has 0 aromatic carbocycles. The Morgan fingerprint density at radius 2 is 1.67 bits per heavy atom. The van der Waals surface area contributed by atoms with Gasteiger partial charge in [-0.2, -0.15) is 5.06 Å². The Kier molecular flexibility index (Phi) is 7.10. The molecule has 0 unspecified atom stereocenters. The third kappa shape index (κ3) is 4.50. The normalized spacial score (nSPS) is 25.3. The van der Waals surface area contributed by atoms with E-state index in [1.165, 1.54) is 12.0 Å². The molecule has 0 radical (unpaired) electrons. The number of amides is 4. The molecule has 30 heavy (non-hydrogen) atoms. The van der Waals surface area contributed by atoms with Crippen molar-refractivity contribution in [2.24, 2.45) is 0 Å². The van der Waals surface area contributed by atoms with E-state index >= 15 is 0 Å². The molecule has 3 fully saturated rings. The molecule has 9 heteroatoms. The number of ether oxygens (including phenoxy) is 1. The van der Waals surface area contributed by atoms with Crippen LogP contribution in [0.4, 0.5) is 9.59 Å². The first kappa shape index (κ1) is 22.7. The number of methoxy groups -OCH3 is 1. The predicted molar refractivity (Wildman–Crippen MR) is 110 cm³/mol. The predicted octanol–water partition coefficient (Wildman–Crippen LogP) is 3.07. The van der Waals surface area contributed by atoms with Crippen LogP contribution in [0.3, 0.4) is 0 Å². The molecule has 1 atom stereocenters. The Morgan fingerprint density at radius 1 is 1.10 bits per heavy atom. The molecule has 1 heterocycles. The van der Waals surface area contributed by atoms with Gasteiger partial charge in [0.1, 0.15) is 6.54 Å². The number of carbonyl (C=O) groups is 3. The maximum Gasteiger partial charge on any atom is 0.343 e. The highest BCUT2D eigenvalue weighted by Crippen LogP contribution is 2.39. The SMILES string of the molecule is COC(=O)CN1C(=O)N(C2CCCCC2)[C@@H](N(O)C(=O)NC2CCCCC2)C1(C)C. The minimum Gasteiger partial charge on any atom is -0.468 e. The van der Waals surface area contributed by atoms with Gasteiger partial charge in [-0.05, 0) is 39.5 Å². The first-order valence-electron chi connectivity index (χ1n) is 11.2. The van der Waals surface area contributed by atoms with Crippen LogP contribution in [0.15, 0.2) is 0 Å². The maximum absolute atomic E-state index is 13.4. The van der Waals surface area contributed by atoms with Crippen LogP contribution in [0, 0.1) is 0 Å². The minimum absolute atomic E-state index is 0.0374. The van der Waals surface area contributed by atoms with Crippen molar-refractivity contribution in [1.82, 2.24) is 20.2 Å². The molecule has 2 N–H and O–H groups in total. The highest BCUT2D eigenvalue weighted by molar-refractivity contribution is 5.85.